The number of piperazine rings is 1. The van der Waals surface area contributed by atoms with Crippen LogP contribution in [0.25, 0.3) is 10.2 Å². The molecule has 0 atom stereocenters. The lowest BCUT2D eigenvalue weighted by Gasteiger charge is -2.36. The van der Waals surface area contributed by atoms with Gasteiger partial charge in [0.05, 0.1) is 5.39 Å². The van der Waals surface area contributed by atoms with E-state index in [2.05, 4.69) is 17.1 Å². The minimum atomic E-state index is -0.0862. The Bertz CT molecular complexity index is 1120. The van der Waals surface area contributed by atoms with Crippen molar-refractivity contribution in [1.82, 2.24) is 14.9 Å². The number of nitrogens with zero attached hydrogens (tertiary/aromatic N) is 4. The van der Waals surface area contributed by atoms with Crippen LogP contribution in [0.1, 0.15) is 36.0 Å². The molecule has 1 saturated heterocycles. The van der Waals surface area contributed by atoms with E-state index in [4.69, 9.17) is 21.6 Å². The Morgan fingerprint density at radius 3 is 2.74 bits per heavy atom. The maximum absolute atomic E-state index is 12.7. The molecule has 0 saturated carbocycles. The third kappa shape index (κ3) is 4.08. The van der Waals surface area contributed by atoms with Crippen LogP contribution in [0.2, 0.25) is 5.02 Å². The lowest BCUT2D eigenvalue weighted by atomic mass is 9.97. The number of hydrogen-bond donors (Lipinski definition) is 1. The number of halogens is 1. The van der Waals surface area contributed by atoms with Gasteiger partial charge in [-0.3, -0.25) is 0 Å². The highest BCUT2D eigenvalue weighted by Gasteiger charge is 2.27. The number of aryl methyl sites for hydroxylation is 3. The summed E-state index contributed by atoms with van der Waals surface area (Å²) in [7, 11) is 0. The summed E-state index contributed by atoms with van der Waals surface area (Å²) in [6.07, 6.45) is 5.62. The molecule has 2 aromatic heterocycles. The molecule has 8 heteroatoms. The second kappa shape index (κ2) is 8.63. The number of urea groups is 1. The zero-order valence-electron chi connectivity index (χ0n) is 17.7. The summed E-state index contributed by atoms with van der Waals surface area (Å²) >= 11 is 7.88. The molecular weight excluding hydrogens is 430 g/mol. The first-order chi connectivity index (χ1) is 15.1. The van der Waals surface area contributed by atoms with Crippen molar-refractivity contribution < 1.29 is 4.79 Å². The average Bonchev–Trinajstić information content (AvgIpc) is 3.17. The molecule has 31 heavy (non-hydrogen) atoms. The first kappa shape index (κ1) is 20.5. The van der Waals surface area contributed by atoms with Crippen LogP contribution >= 0.6 is 22.9 Å². The van der Waals surface area contributed by atoms with Crippen molar-refractivity contribution in [3.63, 3.8) is 0 Å². The average molecular weight is 456 g/mol. The van der Waals surface area contributed by atoms with Gasteiger partial charge in [0.2, 0.25) is 0 Å². The fraction of sp³-hybridized carbons (Fsp3) is 0.435. The number of anilines is 2. The van der Waals surface area contributed by atoms with Crippen molar-refractivity contribution in [1.29, 1.82) is 0 Å². The van der Waals surface area contributed by atoms with Gasteiger partial charge in [-0.1, -0.05) is 24.6 Å². The van der Waals surface area contributed by atoms with Gasteiger partial charge in [0, 0.05) is 48.2 Å². The Balaban J connectivity index is 1.35. The van der Waals surface area contributed by atoms with Crippen LogP contribution in [0.4, 0.5) is 16.3 Å². The largest absolute Gasteiger partial charge is 0.352 e. The highest BCUT2D eigenvalue weighted by Crippen LogP contribution is 2.40. The molecule has 2 amide bonds. The van der Waals surface area contributed by atoms with Crippen LogP contribution in [0, 0.1) is 0 Å². The first-order valence-electron chi connectivity index (χ1n) is 11.0. The highest BCUT2D eigenvalue weighted by molar-refractivity contribution is 7.19. The number of rotatable bonds is 3. The molecule has 1 aliphatic carbocycles. The molecule has 0 spiro atoms. The SMILES string of the molecule is CCc1nc(N2CCN(C(=O)Nc3cccc(Cl)c3)CC2)c2c3c(sc2n1)CCCC3. The van der Waals surface area contributed by atoms with Gasteiger partial charge < -0.3 is 15.1 Å². The number of amides is 2. The van der Waals surface area contributed by atoms with Crippen molar-refractivity contribution in [2.45, 2.75) is 39.0 Å². The normalized spacial score (nSPS) is 16.5. The van der Waals surface area contributed by atoms with Gasteiger partial charge in [-0.25, -0.2) is 14.8 Å². The minimum absolute atomic E-state index is 0.0862. The Morgan fingerprint density at radius 1 is 1.16 bits per heavy atom. The molecule has 5 rings (SSSR count). The molecule has 1 aliphatic heterocycles. The molecule has 1 N–H and O–H groups in total. The molecule has 6 nitrogen and oxygen atoms in total. The van der Waals surface area contributed by atoms with Crippen LogP contribution in [0.3, 0.4) is 0 Å². The van der Waals surface area contributed by atoms with Crippen LogP contribution in [0.5, 0.6) is 0 Å². The minimum Gasteiger partial charge on any atom is -0.352 e. The number of hydrogen-bond acceptors (Lipinski definition) is 5. The Labute approximate surface area is 191 Å². The standard InChI is InChI=1S/C23H26ClN5OS/c1-2-19-26-21(20-17-8-3-4-9-18(17)31-22(20)27-19)28-10-12-29(13-11-28)23(30)25-16-7-5-6-15(24)14-16/h5-7,14H,2-4,8-13H2,1H3,(H,25,30). The number of aromatic nitrogens is 2. The third-order valence-corrected chi connectivity index (χ3v) is 7.52. The van der Waals surface area contributed by atoms with Gasteiger partial charge in [0.1, 0.15) is 16.5 Å². The first-order valence-corrected chi connectivity index (χ1v) is 12.2. The lowest BCUT2D eigenvalue weighted by Crippen LogP contribution is -2.50. The van der Waals surface area contributed by atoms with E-state index >= 15 is 0 Å². The molecule has 0 radical (unpaired) electrons. The molecule has 3 aromatic rings. The zero-order chi connectivity index (χ0) is 21.4. The molecule has 1 aromatic carbocycles. The molecule has 0 unspecified atom stereocenters. The predicted octanol–water partition coefficient (Wildman–Crippen LogP) is 5.14. The number of nitrogens with one attached hydrogen (secondary N) is 1. The lowest BCUT2D eigenvalue weighted by molar-refractivity contribution is 0.208. The van der Waals surface area contributed by atoms with Crippen molar-refractivity contribution >= 4 is 50.7 Å². The van der Waals surface area contributed by atoms with Crippen molar-refractivity contribution in [3.05, 3.63) is 45.6 Å². The number of carbonyl (C=O) groups excluding carboxylic acids is 1. The van der Waals surface area contributed by atoms with E-state index < -0.39 is 0 Å². The summed E-state index contributed by atoms with van der Waals surface area (Å²) in [4.78, 5) is 29.3. The third-order valence-electron chi connectivity index (χ3n) is 6.10. The van der Waals surface area contributed by atoms with Crippen LogP contribution in [-0.4, -0.2) is 47.1 Å². The van der Waals surface area contributed by atoms with Crippen molar-refractivity contribution in [2.24, 2.45) is 0 Å². The molecule has 2 aliphatic rings. The van der Waals surface area contributed by atoms with Gasteiger partial charge in [-0.2, -0.15) is 0 Å². The fourth-order valence-corrected chi connectivity index (χ4v) is 5.92. The van der Waals surface area contributed by atoms with Gasteiger partial charge >= 0.3 is 6.03 Å². The van der Waals surface area contributed by atoms with E-state index in [0.29, 0.717) is 18.1 Å². The molecular formula is C23H26ClN5OS. The van der Waals surface area contributed by atoms with Crippen molar-refractivity contribution in [2.75, 3.05) is 36.4 Å². The van der Waals surface area contributed by atoms with Crippen LogP contribution in [0.15, 0.2) is 24.3 Å². The van der Waals surface area contributed by atoms with Gasteiger partial charge in [-0.05, 0) is 49.4 Å². The summed E-state index contributed by atoms with van der Waals surface area (Å²) in [5.41, 5.74) is 2.18. The topological polar surface area (TPSA) is 61.4 Å². The fourth-order valence-electron chi connectivity index (χ4n) is 4.46. The quantitative estimate of drug-likeness (QED) is 0.594. The smallest absolute Gasteiger partial charge is 0.321 e. The summed E-state index contributed by atoms with van der Waals surface area (Å²) in [5, 5.41) is 4.82. The van der Waals surface area contributed by atoms with E-state index in [-0.39, 0.29) is 6.03 Å². The van der Waals surface area contributed by atoms with Gasteiger partial charge in [0.15, 0.2) is 0 Å². The predicted molar refractivity (Wildman–Crippen MR) is 128 cm³/mol. The van der Waals surface area contributed by atoms with E-state index in [0.717, 1.165) is 54.5 Å². The maximum atomic E-state index is 12.7. The van der Waals surface area contributed by atoms with Crippen LogP contribution in [-0.2, 0) is 19.3 Å². The van der Waals surface area contributed by atoms with Gasteiger partial charge in [0.25, 0.3) is 0 Å². The summed E-state index contributed by atoms with van der Waals surface area (Å²) in [6, 6.07) is 7.16. The second-order valence-electron chi connectivity index (χ2n) is 8.12. The molecule has 3 heterocycles. The maximum Gasteiger partial charge on any atom is 0.321 e. The summed E-state index contributed by atoms with van der Waals surface area (Å²) in [6.45, 7) is 4.96. The zero-order valence-corrected chi connectivity index (χ0v) is 19.2. The molecule has 162 valence electrons. The van der Waals surface area contributed by atoms with E-state index in [1.165, 1.54) is 28.7 Å². The van der Waals surface area contributed by atoms with Crippen molar-refractivity contribution in [3.8, 4) is 0 Å². The van der Waals surface area contributed by atoms with E-state index in [1.807, 2.05) is 28.4 Å². The summed E-state index contributed by atoms with van der Waals surface area (Å²) < 4.78 is 0. The Kier molecular flexibility index (Phi) is 5.71. The second-order valence-corrected chi connectivity index (χ2v) is 9.64. The number of benzene rings is 1. The van der Waals surface area contributed by atoms with E-state index in [9.17, 15) is 4.79 Å². The summed E-state index contributed by atoms with van der Waals surface area (Å²) in [5.74, 6) is 1.97. The number of fused-ring (bicyclic) bond motifs is 3. The van der Waals surface area contributed by atoms with E-state index in [1.54, 1.807) is 12.1 Å². The molecule has 0 bridgehead atoms. The number of thiophene rings is 1. The monoisotopic (exact) mass is 455 g/mol. The molecule has 1 fully saturated rings. The highest BCUT2D eigenvalue weighted by atomic mass is 35.5. The number of carbonyl (C=O) groups is 1. The Hall–Kier alpha value is -2.38. The van der Waals surface area contributed by atoms with Gasteiger partial charge in [-0.15, -0.1) is 11.3 Å². The van der Waals surface area contributed by atoms with Crippen LogP contribution < -0.4 is 10.2 Å². The Morgan fingerprint density at radius 2 is 1.97 bits per heavy atom.